The number of thioether (sulfide) groups is 1. The molecule has 0 aromatic heterocycles. The van der Waals surface area contributed by atoms with Crippen molar-refractivity contribution in [1.82, 2.24) is 0 Å². The van der Waals surface area contributed by atoms with Crippen LogP contribution >= 0.6 is 35.0 Å². The number of anilines is 1. The Bertz CT molecular complexity index is 474. The van der Waals surface area contributed by atoms with Crippen LogP contribution in [0.5, 0.6) is 0 Å². The van der Waals surface area contributed by atoms with Crippen LogP contribution in [0.3, 0.4) is 0 Å². The van der Waals surface area contributed by atoms with E-state index in [1.807, 2.05) is 12.1 Å². The van der Waals surface area contributed by atoms with Crippen LogP contribution in [0, 0.1) is 5.41 Å². The molecule has 104 valence electrons. The maximum atomic E-state index is 6.00. The summed E-state index contributed by atoms with van der Waals surface area (Å²) in [4.78, 5) is 4.79. The Labute approximate surface area is 129 Å². The van der Waals surface area contributed by atoms with Gasteiger partial charge in [-0.2, -0.15) is 0 Å². The molecule has 0 bridgehead atoms. The number of halogens is 2. The Hall–Kier alpha value is -0.380. The van der Waals surface area contributed by atoms with Gasteiger partial charge in [-0.3, -0.25) is 4.99 Å². The monoisotopic (exact) mass is 316 g/mol. The topological polar surface area (TPSA) is 24.4 Å². The van der Waals surface area contributed by atoms with Crippen LogP contribution in [0.15, 0.2) is 23.2 Å². The van der Waals surface area contributed by atoms with E-state index >= 15 is 0 Å². The highest BCUT2D eigenvalue weighted by atomic mass is 35.5. The lowest BCUT2D eigenvalue weighted by atomic mass is 9.85. The second kappa shape index (κ2) is 5.94. The maximum absolute atomic E-state index is 6.00. The number of nitrogens with zero attached hydrogens (tertiary/aromatic N) is 1. The van der Waals surface area contributed by atoms with Gasteiger partial charge in [0.05, 0.1) is 6.04 Å². The molecule has 2 nitrogen and oxygen atoms in total. The second-order valence-electron chi connectivity index (χ2n) is 5.74. The van der Waals surface area contributed by atoms with Crippen molar-refractivity contribution < 1.29 is 0 Å². The molecule has 0 radical (unpaired) electrons. The van der Waals surface area contributed by atoms with E-state index in [1.165, 1.54) is 0 Å². The van der Waals surface area contributed by atoms with Gasteiger partial charge in [-0.15, -0.1) is 0 Å². The van der Waals surface area contributed by atoms with Gasteiger partial charge in [0, 0.05) is 21.5 Å². The highest BCUT2D eigenvalue weighted by Crippen LogP contribution is 2.31. The van der Waals surface area contributed by atoms with Crippen molar-refractivity contribution in [2.75, 3.05) is 11.1 Å². The zero-order chi connectivity index (χ0) is 14.0. The SMILES string of the molecule is CC(C)(C)C1CCSC(Nc2cc(Cl)cc(Cl)c2)=N1. The minimum atomic E-state index is 0.194. The summed E-state index contributed by atoms with van der Waals surface area (Å²) in [7, 11) is 0. The molecule has 1 unspecified atom stereocenters. The average molecular weight is 317 g/mol. The van der Waals surface area contributed by atoms with Gasteiger partial charge in [-0.05, 0) is 30.0 Å². The number of benzene rings is 1. The molecule has 19 heavy (non-hydrogen) atoms. The first-order chi connectivity index (χ1) is 8.84. The molecule has 1 aromatic carbocycles. The van der Waals surface area contributed by atoms with Crippen molar-refractivity contribution in [2.24, 2.45) is 10.4 Å². The molecule has 1 aliphatic heterocycles. The minimum Gasteiger partial charge on any atom is -0.335 e. The highest BCUT2D eigenvalue weighted by Gasteiger charge is 2.27. The summed E-state index contributed by atoms with van der Waals surface area (Å²) in [6, 6.07) is 5.79. The largest absolute Gasteiger partial charge is 0.335 e. The molecule has 0 saturated heterocycles. The molecule has 0 amide bonds. The molecule has 1 aliphatic rings. The van der Waals surface area contributed by atoms with Crippen molar-refractivity contribution in [3.8, 4) is 0 Å². The van der Waals surface area contributed by atoms with Gasteiger partial charge in [0.25, 0.3) is 0 Å². The van der Waals surface area contributed by atoms with Crippen molar-refractivity contribution in [2.45, 2.75) is 33.2 Å². The highest BCUT2D eigenvalue weighted by molar-refractivity contribution is 8.14. The van der Waals surface area contributed by atoms with Gasteiger partial charge in [-0.25, -0.2) is 0 Å². The number of rotatable bonds is 1. The number of hydrogen-bond acceptors (Lipinski definition) is 3. The third kappa shape index (κ3) is 4.30. The van der Waals surface area contributed by atoms with E-state index in [-0.39, 0.29) is 5.41 Å². The standard InChI is InChI=1S/C14H18Cl2N2S/c1-14(2,3)12-4-5-19-13(18-12)17-11-7-9(15)6-10(16)8-11/h6-8,12H,4-5H2,1-3H3,(H,17,18). The van der Waals surface area contributed by atoms with E-state index in [1.54, 1.807) is 17.8 Å². The fraction of sp³-hybridized carbons (Fsp3) is 0.500. The van der Waals surface area contributed by atoms with Crippen LogP contribution in [0.1, 0.15) is 27.2 Å². The van der Waals surface area contributed by atoms with Crippen molar-refractivity contribution in [3.63, 3.8) is 0 Å². The van der Waals surface area contributed by atoms with E-state index < -0.39 is 0 Å². The predicted molar refractivity (Wildman–Crippen MR) is 87.8 cm³/mol. The molecule has 1 heterocycles. The van der Waals surface area contributed by atoms with E-state index in [4.69, 9.17) is 28.2 Å². The summed E-state index contributed by atoms with van der Waals surface area (Å²) in [6.45, 7) is 6.68. The van der Waals surface area contributed by atoms with E-state index in [0.29, 0.717) is 16.1 Å². The molecule has 1 atom stereocenters. The quantitative estimate of drug-likeness (QED) is 0.759. The van der Waals surface area contributed by atoms with Gasteiger partial charge < -0.3 is 5.32 Å². The molecule has 1 N–H and O–H groups in total. The Morgan fingerprint density at radius 1 is 1.21 bits per heavy atom. The Kier molecular flexibility index (Phi) is 4.70. The Balaban J connectivity index is 2.16. The summed E-state index contributed by atoms with van der Waals surface area (Å²) in [5.41, 5.74) is 1.08. The second-order valence-corrected chi connectivity index (χ2v) is 7.69. The van der Waals surface area contributed by atoms with E-state index in [2.05, 4.69) is 26.1 Å². The molecule has 0 spiro atoms. The van der Waals surface area contributed by atoms with Crippen LogP contribution in [0.2, 0.25) is 10.0 Å². The van der Waals surface area contributed by atoms with Crippen molar-refractivity contribution in [1.29, 1.82) is 0 Å². The van der Waals surface area contributed by atoms with Crippen LogP contribution in [0.4, 0.5) is 5.69 Å². The number of nitrogens with one attached hydrogen (secondary N) is 1. The fourth-order valence-electron chi connectivity index (χ4n) is 1.96. The van der Waals surface area contributed by atoms with Crippen molar-refractivity contribution >= 4 is 45.8 Å². The zero-order valence-corrected chi connectivity index (χ0v) is 13.7. The molecule has 2 rings (SSSR count). The normalized spacial score (nSPS) is 20.1. The van der Waals surface area contributed by atoms with Crippen LogP contribution < -0.4 is 5.32 Å². The molecule has 1 aromatic rings. The van der Waals surface area contributed by atoms with Gasteiger partial charge in [0.2, 0.25) is 0 Å². The fourth-order valence-corrected chi connectivity index (χ4v) is 3.41. The average Bonchev–Trinajstić information content (AvgIpc) is 2.26. The molecular weight excluding hydrogens is 299 g/mol. The lowest BCUT2D eigenvalue weighted by Gasteiger charge is -2.31. The summed E-state index contributed by atoms with van der Waals surface area (Å²) in [5, 5.41) is 5.51. The molecular formula is C14H18Cl2N2S. The predicted octanol–water partition coefficient (Wildman–Crippen LogP) is 5.31. The van der Waals surface area contributed by atoms with E-state index in [9.17, 15) is 0 Å². The van der Waals surface area contributed by atoms with Crippen LogP contribution in [-0.4, -0.2) is 17.0 Å². The van der Waals surface area contributed by atoms with Gasteiger partial charge >= 0.3 is 0 Å². The first-order valence-electron chi connectivity index (χ1n) is 6.28. The first kappa shape index (κ1) is 15.0. The number of hydrogen-bond donors (Lipinski definition) is 1. The third-order valence-electron chi connectivity index (χ3n) is 3.02. The molecule has 0 saturated carbocycles. The lowest BCUT2D eigenvalue weighted by Crippen LogP contribution is -2.30. The minimum absolute atomic E-state index is 0.194. The summed E-state index contributed by atoms with van der Waals surface area (Å²) < 4.78 is 0. The number of aliphatic imine (C=N–C) groups is 1. The molecule has 0 aliphatic carbocycles. The Morgan fingerprint density at radius 3 is 2.42 bits per heavy atom. The summed E-state index contributed by atoms with van der Waals surface area (Å²) in [5.74, 6) is 1.09. The van der Waals surface area contributed by atoms with Gasteiger partial charge in [0.1, 0.15) is 0 Å². The lowest BCUT2D eigenvalue weighted by molar-refractivity contribution is 0.316. The smallest absolute Gasteiger partial charge is 0.161 e. The van der Waals surface area contributed by atoms with Crippen LogP contribution in [0.25, 0.3) is 0 Å². The molecule has 5 heteroatoms. The molecule has 0 fully saturated rings. The van der Waals surface area contributed by atoms with Crippen molar-refractivity contribution in [3.05, 3.63) is 28.2 Å². The van der Waals surface area contributed by atoms with Crippen LogP contribution in [-0.2, 0) is 0 Å². The third-order valence-corrected chi connectivity index (χ3v) is 4.37. The zero-order valence-electron chi connectivity index (χ0n) is 11.3. The first-order valence-corrected chi connectivity index (χ1v) is 8.02. The van der Waals surface area contributed by atoms with Gasteiger partial charge in [0.15, 0.2) is 5.17 Å². The summed E-state index contributed by atoms with van der Waals surface area (Å²) >= 11 is 13.7. The Morgan fingerprint density at radius 2 is 1.84 bits per heavy atom. The maximum Gasteiger partial charge on any atom is 0.161 e. The summed E-state index contributed by atoms with van der Waals surface area (Å²) in [6.07, 6.45) is 1.12. The van der Waals surface area contributed by atoms with E-state index in [0.717, 1.165) is 23.0 Å². The number of amidine groups is 1. The van der Waals surface area contributed by atoms with Gasteiger partial charge in [-0.1, -0.05) is 55.7 Å².